The van der Waals surface area contributed by atoms with E-state index in [0.717, 1.165) is 11.3 Å². The number of β-lactam (4-membered cyclic amide) rings is 1. The maximum atomic E-state index is 12.6. The topological polar surface area (TPSA) is 135 Å². The monoisotopic (exact) mass is 354 g/mol. The number of thiazole rings is 1. The van der Waals surface area contributed by atoms with E-state index in [4.69, 9.17) is 10.8 Å². The molecule has 0 saturated carbocycles. The molecule has 130 valence electrons. The van der Waals surface area contributed by atoms with Gasteiger partial charge in [-0.25, -0.2) is 9.78 Å². The fourth-order valence-electron chi connectivity index (χ4n) is 2.40. The quantitative estimate of drug-likeness (QED) is 0.410. The molecule has 1 atom stereocenters. The molecule has 1 amide bonds. The highest BCUT2D eigenvalue weighted by Crippen LogP contribution is 2.38. The molecule has 1 aliphatic heterocycles. The summed E-state index contributed by atoms with van der Waals surface area (Å²) in [5, 5.41) is 14.0. The lowest BCUT2D eigenvalue weighted by Crippen LogP contribution is -2.66. The van der Waals surface area contributed by atoms with E-state index in [9.17, 15) is 14.4 Å². The number of hydrogen-bond donors (Lipinski definition) is 2. The second-order valence-corrected chi connectivity index (χ2v) is 6.80. The standard InChI is InChI=1S/C14H18N4O5S/c1-14(2)7(12(22)18(14)3)4-9(19)11(17-23-5-10(20)21)8-6-24-13(15)16-8/h6-7H,4-5H2,1-3H3,(H2,15,16)(H,20,21)/b17-11-/t7-/m1/s1. The van der Waals surface area contributed by atoms with Crippen LogP contribution in [0.25, 0.3) is 0 Å². The van der Waals surface area contributed by atoms with Crippen LogP contribution in [0.3, 0.4) is 0 Å². The Bertz CT molecular complexity index is 712. The Morgan fingerprint density at radius 2 is 2.21 bits per heavy atom. The molecular weight excluding hydrogens is 336 g/mol. The van der Waals surface area contributed by atoms with Crippen LogP contribution >= 0.6 is 11.3 Å². The molecule has 0 spiro atoms. The third-order valence-electron chi connectivity index (χ3n) is 4.11. The number of oxime groups is 1. The summed E-state index contributed by atoms with van der Waals surface area (Å²) in [5.41, 5.74) is 5.18. The number of aliphatic carboxylic acids is 1. The van der Waals surface area contributed by atoms with Gasteiger partial charge in [-0.1, -0.05) is 5.16 Å². The lowest BCUT2D eigenvalue weighted by Gasteiger charge is -2.52. The van der Waals surface area contributed by atoms with Gasteiger partial charge >= 0.3 is 5.97 Å². The number of Topliss-reactive ketones (excluding diaryl/α,β-unsaturated/α-hetero) is 1. The summed E-state index contributed by atoms with van der Waals surface area (Å²) in [4.78, 5) is 45.3. The first-order chi connectivity index (χ1) is 11.1. The van der Waals surface area contributed by atoms with Crippen LogP contribution in [-0.2, 0) is 19.2 Å². The van der Waals surface area contributed by atoms with Gasteiger partial charge in [0.2, 0.25) is 12.5 Å². The minimum Gasteiger partial charge on any atom is -0.479 e. The minimum absolute atomic E-state index is 0.0666. The lowest BCUT2D eigenvalue weighted by atomic mass is 9.73. The number of aromatic nitrogens is 1. The highest BCUT2D eigenvalue weighted by Gasteiger charge is 2.52. The van der Waals surface area contributed by atoms with E-state index in [1.807, 2.05) is 13.8 Å². The van der Waals surface area contributed by atoms with Gasteiger partial charge in [-0.05, 0) is 13.8 Å². The molecule has 0 aromatic carbocycles. The largest absolute Gasteiger partial charge is 0.479 e. The average molecular weight is 354 g/mol. The summed E-state index contributed by atoms with van der Waals surface area (Å²) in [7, 11) is 1.68. The van der Waals surface area contributed by atoms with Gasteiger partial charge in [0, 0.05) is 24.4 Å². The molecule has 1 saturated heterocycles. The Labute approximate surface area is 142 Å². The smallest absolute Gasteiger partial charge is 0.344 e. The molecule has 9 nitrogen and oxygen atoms in total. The number of likely N-dealkylation sites (tertiary alicyclic amines) is 1. The Morgan fingerprint density at radius 1 is 1.54 bits per heavy atom. The number of hydrogen-bond acceptors (Lipinski definition) is 8. The van der Waals surface area contributed by atoms with Gasteiger partial charge in [0.1, 0.15) is 5.69 Å². The average Bonchev–Trinajstić information content (AvgIpc) is 2.93. The maximum absolute atomic E-state index is 12.6. The fraction of sp³-hybridized carbons (Fsp3) is 0.500. The first-order valence-corrected chi connectivity index (χ1v) is 7.96. The highest BCUT2D eigenvalue weighted by molar-refractivity contribution is 7.13. The van der Waals surface area contributed by atoms with Crippen molar-refractivity contribution in [1.82, 2.24) is 9.88 Å². The van der Waals surface area contributed by atoms with Crippen molar-refractivity contribution < 1.29 is 24.3 Å². The van der Waals surface area contributed by atoms with E-state index in [0.29, 0.717) is 0 Å². The maximum Gasteiger partial charge on any atom is 0.344 e. The summed E-state index contributed by atoms with van der Waals surface area (Å²) in [5.74, 6) is -2.28. The molecule has 0 radical (unpaired) electrons. The molecule has 10 heteroatoms. The van der Waals surface area contributed by atoms with Crippen LogP contribution in [-0.4, -0.2) is 57.6 Å². The van der Waals surface area contributed by atoms with Crippen LogP contribution in [0.2, 0.25) is 0 Å². The van der Waals surface area contributed by atoms with E-state index in [1.165, 1.54) is 5.38 Å². The number of carboxylic acid groups (broad SMARTS) is 1. The van der Waals surface area contributed by atoms with Gasteiger partial charge in [0.05, 0.1) is 5.92 Å². The van der Waals surface area contributed by atoms with E-state index >= 15 is 0 Å². The molecule has 0 unspecified atom stereocenters. The van der Waals surface area contributed by atoms with Crippen LogP contribution < -0.4 is 5.73 Å². The number of ketones is 1. The highest BCUT2D eigenvalue weighted by atomic mass is 32.1. The Kier molecular flexibility index (Phi) is 4.88. The first-order valence-electron chi connectivity index (χ1n) is 7.08. The second kappa shape index (κ2) is 6.56. The van der Waals surface area contributed by atoms with Gasteiger partial charge in [0.15, 0.2) is 16.6 Å². The summed E-state index contributed by atoms with van der Waals surface area (Å²) in [6, 6.07) is 0. The van der Waals surface area contributed by atoms with E-state index < -0.39 is 29.8 Å². The van der Waals surface area contributed by atoms with Crippen molar-refractivity contribution in [1.29, 1.82) is 0 Å². The van der Waals surface area contributed by atoms with Gasteiger partial charge < -0.3 is 20.6 Å². The van der Waals surface area contributed by atoms with Crippen molar-refractivity contribution in [2.45, 2.75) is 25.8 Å². The fourth-order valence-corrected chi connectivity index (χ4v) is 2.94. The molecule has 0 aliphatic carbocycles. The second-order valence-electron chi connectivity index (χ2n) is 5.91. The van der Waals surface area contributed by atoms with Crippen molar-refractivity contribution in [3.05, 3.63) is 11.1 Å². The number of carbonyl (C=O) groups excluding carboxylic acids is 2. The van der Waals surface area contributed by atoms with Crippen molar-refractivity contribution in [3.63, 3.8) is 0 Å². The summed E-state index contributed by atoms with van der Waals surface area (Å²) >= 11 is 1.12. The molecule has 0 bridgehead atoms. The van der Waals surface area contributed by atoms with Crippen molar-refractivity contribution in [2.75, 3.05) is 19.4 Å². The van der Waals surface area contributed by atoms with Crippen LogP contribution in [0.4, 0.5) is 5.13 Å². The van der Waals surface area contributed by atoms with Crippen molar-refractivity contribution >= 4 is 39.8 Å². The molecule has 1 aromatic heterocycles. The molecule has 1 aliphatic rings. The molecule has 1 aromatic rings. The van der Waals surface area contributed by atoms with Gasteiger partial charge in [-0.15, -0.1) is 11.3 Å². The Morgan fingerprint density at radius 3 is 2.71 bits per heavy atom. The van der Waals surface area contributed by atoms with Crippen LogP contribution in [0.5, 0.6) is 0 Å². The lowest BCUT2D eigenvalue weighted by molar-refractivity contribution is -0.164. The predicted octanol–water partition coefficient (Wildman–Crippen LogP) is 0.357. The molecule has 2 heterocycles. The SMILES string of the molecule is CN1C(=O)[C@@H](CC(=O)/C(=N\OCC(=O)O)c2csc(N)n2)C1(C)C. The summed E-state index contributed by atoms with van der Waals surface area (Å²) in [6.07, 6.45) is -0.0666. The summed E-state index contributed by atoms with van der Waals surface area (Å²) in [6.45, 7) is 3.04. The number of anilines is 1. The molecule has 24 heavy (non-hydrogen) atoms. The number of nitrogens with two attached hydrogens (primary N) is 1. The normalized spacial score (nSPS) is 19.8. The Balaban J connectivity index is 2.19. The van der Waals surface area contributed by atoms with Crippen LogP contribution in [0, 0.1) is 5.92 Å². The van der Waals surface area contributed by atoms with Crippen LogP contribution in [0.1, 0.15) is 26.0 Å². The van der Waals surface area contributed by atoms with E-state index in [2.05, 4.69) is 15.0 Å². The van der Waals surface area contributed by atoms with Crippen molar-refractivity contribution in [2.24, 2.45) is 11.1 Å². The van der Waals surface area contributed by atoms with Gasteiger partial charge in [-0.2, -0.15) is 0 Å². The third kappa shape index (κ3) is 3.37. The number of rotatable bonds is 7. The van der Waals surface area contributed by atoms with Gasteiger partial charge in [0.25, 0.3) is 0 Å². The zero-order valence-electron chi connectivity index (χ0n) is 13.5. The molecule has 3 N–H and O–H groups in total. The molecule has 2 rings (SSSR count). The summed E-state index contributed by atoms with van der Waals surface area (Å²) < 4.78 is 0. The molecule has 1 fully saturated rings. The minimum atomic E-state index is -1.22. The van der Waals surface area contributed by atoms with E-state index in [1.54, 1.807) is 11.9 Å². The predicted molar refractivity (Wildman–Crippen MR) is 86.6 cm³/mol. The zero-order valence-corrected chi connectivity index (χ0v) is 14.3. The van der Waals surface area contributed by atoms with Gasteiger partial charge in [-0.3, -0.25) is 9.59 Å². The first kappa shape index (κ1) is 17.9. The number of carbonyl (C=O) groups is 3. The van der Waals surface area contributed by atoms with Crippen LogP contribution in [0.15, 0.2) is 10.5 Å². The number of nitrogens with zero attached hydrogens (tertiary/aromatic N) is 3. The number of amides is 1. The number of nitrogen functional groups attached to an aromatic ring is 1. The Hall–Kier alpha value is -2.49. The van der Waals surface area contributed by atoms with E-state index in [-0.39, 0.29) is 28.9 Å². The third-order valence-corrected chi connectivity index (χ3v) is 4.78. The molecular formula is C14H18N4O5S. The zero-order chi connectivity index (χ0) is 18.1. The number of carboxylic acids is 1. The van der Waals surface area contributed by atoms with Crippen molar-refractivity contribution in [3.8, 4) is 0 Å².